The summed E-state index contributed by atoms with van der Waals surface area (Å²) in [5.74, 6) is -1.31. The first-order valence-corrected chi connectivity index (χ1v) is 7.21. The minimum Gasteiger partial charge on any atom is -0.480 e. The second kappa shape index (κ2) is 8.54. The predicted molar refractivity (Wildman–Crippen MR) is 73.9 cm³/mol. The van der Waals surface area contributed by atoms with Crippen LogP contribution in [0.5, 0.6) is 0 Å². The van der Waals surface area contributed by atoms with Crippen molar-refractivity contribution in [3.8, 4) is 6.07 Å². The summed E-state index contributed by atoms with van der Waals surface area (Å²) >= 11 is 0. The van der Waals surface area contributed by atoms with Gasteiger partial charge in [0, 0.05) is 19.5 Å². The number of carboxylic acid groups (broad SMARTS) is 1. The van der Waals surface area contributed by atoms with Gasteiger partial charge in [-0.15, -0.1) is 0 Å². The Hall–Kier alpha value is -1.61. The minimum absolute atomic E-state index is 0.166. The molecule has 6 heteroatoms. The smallest absolute Gasteiger partial charge is 0.326 e. The van der Waals surface area contributed by atoms with Crippen molar-refractivity contribution in [1.82, 2.24) is 10.2 Å². The molecule has 112 valence electrons. The Labute approximate surface area is 119 Å². The van der Waals surface area contributed by atoms with Crippen molar-refractivity contribution in [2.75, 3.05) is 19.6 Å². The van der Waals surface area contributed by atoms with Gasteiger partial charge in [-0.3, -0.25) is 4.79 Å². The standard InChI is InChI=1S/C14H23N3O3/c1-2-5-12(14(19)20)16-13(18)11-6-3-8-17(10-11)9-4-7-15/h11-12H,2-6,8-10H2,1H3,(H,16,18)(H,19,20). The molecule has 0 aromatic rings. The van der Waals surface area contributed by atoms with E-state index in [0.29, 0.717) is 25.9 Å². The van der Waals surface area contributed by atoms with E-state index in [1.807, 2.05) is 6.92 Å². The Morgan fingerprint density at radius 3 is 2.90 bits per heavy atom. The zero-order valence-corrected chi connectivity index (χ0v) is 12.0. The third kappa shape index (κ3) is 5.17. The summed E-state index contributed by atoms with van der Waals surface area (Å²) in [7, 11) is 0. The normalized spacial score (nSPS) is 20.9. The van der Waals surface area contributed by atoms with Crippen molar-refractivity contribution in [2.45, 2.75) is 45.1 Å². The number of piperidine rings is 1. The summed E-state index contributed by atoms with van der Waals surface area (Å²) in [6.07, 6.45) is 3.33. The maximum Gasteiger partial charge on any atom is 0.326 e. The van der Waals surface area contributed by atoms with E-state index in [4.69, 9.17) is 10.4 Å². The lowest BCUT2D eigenvalue weighted by atomic mass is 9.96. The van der Waals surface area contributed by atoms with Crippen molar-refractivity contribution in [3.05, 3.63) is 0 Å². The molecular formula is C14H23N3O3. The molecule has 0 saturated carbocycles. The molecule has 0 aliphatic carbocycles. The van der Waals surface area contributed by atoms with E-state index < -0.39 is 12.0 Å². The predicted octanol–water partition coefficient (Wildman–Crippen LogP) is 0.982. The molecular weight excluding hydrogens is 258 g/mol. The maximum atomic E-state index is 12.1. The largest absolute Gasteiger partial charge is 0.480 e. The van der Waals surface area contributed by atoms with Gasteiger partial charge in [0.05, 0.1) is 12.0 Å². The maximum absolute atomic E-state index is 12.1. The third-order valence-corrected chi connectivity index (χ3v) is 3.61. The number of aliphatic carboxylic acids is 1. The summed E-state index contributed by atoms with van der Waals surface area (Å²) < 4.78 is 0. The van der Waals surface area contributed by atoms with Crippen LogP contribution in [0, 0.1) is 17.2 Å². The molecule has 20 heavy (non-hydrogen) atoms. The van der Waals surface area contributed by atoms with E-state index in [1.165, 1.54) is 0 Å². The fourth-order valence-corrected chi connectivity index (χ4v) is 2.52. The number of likely N-dealkylation sites (tertiary alicyclic amines) is 1. The molecule has 1 amide bonds. The van der Waals surface area contributed by atoms with Crippen LogP contribution in [0.4, 0.5) is 0 Å². The number of carboxylic acids is 1. The summed E-state index contributed by atoms with van der Waals surface area (Å²) in [4.78, 5) is 25.3. The van der Waals surface area contributed by atoms with Gasteiger partial charge in [-0.25, -0.2) is 4.79 Å². The average molecular weight is 281 g/mol. The quantitative estimate of drug-likeness (QED) is 0.725. The topological polar surface area (TPSA) is 93.4 Å². The number of amides is 1. The van der Waals surface area contributed by atoms with E-state index in [1.54, 1.807) is 0 Å². The lowest BCUT2D eigenvalue weighted by Crippen LogP contribution is -2.48. The molecule has 0 aromatic carbocycles. The van der Waals surface area contributed by atoms with Crippen LogP contribution in [0.25, 0.3) is 0 Å². The average Bonchev–Trinajstić information content (AvgIpc) is 2.44. The van der Waals surface area contributed by atoms with Gasteiger partial charge >= 0.3 is 5.97 Å². The number of nitriles is 1. The first-order chi connectivity index (χ1) is 9.58. The van der Waals surface area contributed by atoms with Gasteiger partial charge in [-0.1, -0.05) is 13.3 Å². The second-order valence-corrected chi connectivity index (χ2v) is 5.24. The highest BCUT2D eigenvalue weighted by molar-refractivity contribution is 5.85. The molecule has 0 spiro atoms. The number of nitrogens with one attached hydrogen (secondary N) is 1. The zero-order chi connectivity index (χ0) is 15.0. The van der Waals surface area contributed by atoms with Gasteiger partial charge < -0.3 is 15.3 Å². The highest BCUT2D eigenvalue weighted by Gasteiger charge is 2.28. The number of nitrogens with zero attached hydrogens (tertiary/aromatic N) is 2. The summed E-state index contributed by atoms with van der Waals surface area (Å²) in [5.41, 5.74) is 0. The first kappa shape index (κ1) is 16.4. The molecule has 1 aliphatic rings. The Morgan fingerprint density at radius 1 is 1.55 bits per heavy atom. The molecule has 1 rings (SSSR count). The molecule has 1 fully saturated rings. The van der Waals surface area contributed by atoms with E-state index >= 15 is 0 Å². The van der Waals surface area contributed by atoms with Crippen LogP contribution in [0.3, 0.4) is 0 Å². The lowest BCUT2D eigenvalue weighted by Gasteiger charge is -2.32. The minimum atomic E-state index is -0.975. The molecule has 0 radical (unpaired) electrons. The van der Waals surface area contributed by atoms with Crippen LogP contribution in [0.1, 0.15) is 39.0 Å². The molecule has 2 N–H and O–H groups in total. The monoisotopic (exact) mass is 281 g/mol. The molecule has 2 unspecified atom stereocenters. The fourth-order valence-electron chi connectivity index (χ4n) is 2.52. The number of rotatable bonds is 7. The first-order valence-electron chi connectivity index (χ1n) is 7.21. The van der Waals surface area contributed by atoms with Gasteiger partial charge in [0.25, 0.3) is 0 Å². The van der Waals surface area contributed by atoms with Crippen LogP contribution in [0.2, 0.25) is 0 Å². The number of hydrogen-bond acceptors (Lipinski definition) is 4. The van der Waals surface area contributed by atoms with Crippen molar-refractivity contribution in [2.24, 2.45) is 5.92 Å². The highest BCUT2D eigenvalue weighted by atomic mass is 16.4. The molecule has 1 saturated heterocycles. The fraction of sp³-hybridized carbons (Fsp3) is 0.786. The summed E-state index contributed by atoms with van der Waals surface area (Å²) in [5, 5.41) is 20.3. The summed E-state index contributed by atoms with van der Waals surface area (Å²) in [6.45, 7) is 4.10. The Morgan fingerprint density at radius 2 is 2.30 bits per heavy atom. The molecule has 2 atom stereocenters. The Kier molecular flexibility index (Phi) is 7.02. The summed E-state index contributed by atoms with van der Waals surface area (Å²) in [6, 6.07) is 1.31. The molecule has 6 nitrogen and oxygen atoms in total. The van der Waals surface area contributed by atoms with Crippen molar-refractivity contribution in [3.63, 3.8) is 0 Å². The van der Waals surface area contributed by atoms with Crippen LogP contribution in [-0.4, -0.2) is 47.6 Å². The molecule has 0 aromatic heterocycles. The van der Waals surface area contributed by atoms with Gasteiger partial charge in [0.2, 0.25) is 5.91 Å². The van der Waals surface area contributed by atoms with Crippen LogP contribution in [-0.2, 0) is 9.59 Å². The van der Waals surface area contributed by atoms with Crippen molar-refractivity contribution >= 4 is 11.9 Å². The van der Waals surface area contributed by atoms with Gasteiger partial charge in [0.1, 0.15) is 6.04 Å². The highest BCUT2D eigenvalue weighted by Crippen LogP contribution is 2.17. The van der Waals surface area contributed by atoms with Crippen LogP contribution >= 0.6 is 0 Å². The molecule has 1 aliphatic heterocycles. The van der Waals surface area contributed by atoms with E-state index in [0.717, 1.165) is 25.8 Å². The van der Waals surface area contributed by atoms with Gasteiger partial charge in [-0.2, -0.15) is 5.26 Å². The number of carbonyl (C=O) groups excluding carboxylic acids is 1. The van der Waals surface area contributed by atoms with Crippen molar-refractivity contribution < 1.29 is 14.7 Å². The van der Waals surface area contributed by atoms with Crippen LogP contribution in [0.15, 0.2) is 0 Å². The van der Waals surface area contributed by atoms with E-state index in [-0.39, 0.29) is 11.8 Å². The molecule has 1 heterocycles. The molecule has 0 bridgehead atoms. The zero-order valence-electron chi connectivity index (χ0n) is 12.0. The van der Waals surface area contributed by atoms with Crippen molar-refractivity contribution in [1.29, 1.82) is 5.26 Å². The Balaban J connectivity index is 2.49. The second-order valence-electron chi connectivity index (χ2n) is 5.24. The van der Waals surface area contributed by atoms with Crippen LogP contribution < -0.4 is 5.32 Å². The number of hydrogen-bond donors (Lipinski definition) is 2. The Bertz CT molecular complexity index is 378. The van der Waals surface area contributed by atoms with Gasteiger partial charge in [-0.05, 0) is 25.8 Å². The van der Waals surface area contributed by atoms with E-state index in [9.17, 15) is 9.59 Å². The van der Waals surface area contributed by atoms with E-state index in [2.05, 4.69) is 16.3 Å². The number of carbonyl (C=O) groups is 2. The lowest BCUT2D eigenvalue weighted by molar-refractivity contribution is -0.143. The third-order valence-electron chi connectivity index (χ3n) is 3.61. The SMILES string of the molecule is CCCC(NC(=O)C1CCCN(CCC#N)C1)C(=O)O. The van der Waals surface area contributed by atoms with Gasteiger partial charge in [0.15, 0.2) is 0 Å².